The molecule has 1 fully saturated rings. The number of carbonyl (C=O) groups excluding carboxylic acids is 2. The second kappa shape index (κ2) is 7.36. The van der Waals surface area contributed by atoms with Gasteiger partial charge in [0.2, 0.25) is 0 Å². The van der Waals surface area contributed by atoms with Crippen molar-refractivity contribution in [1.29, 1.82) is 0 Å². The molecule has 2 aliphatic heterocycles. The highest BCUT2D eigenvalue weighted by Gasteiger charge is 2.40. The van der Waals surface area contributed by atoms with E-state index in [4.69, 9.17) is 0 Å². The molecule has 0 radical (unpaired) electrons. The van der Waals surface area contributed by atoms with Gasteiger partial charge in [0.25, 0.3) is 21.8 Å². The van der Waals surface area contributed by atoms with Crippen LogP contribution in [0.25, 0.3) is 0 Å². The zero-order valence-corrected chi connectivity index (χ0v) is 16.0. The maximum atomic E-state index is 13.1. The predicted molar refractivity (Wildman–Crippen MR) is 97.6 cm³/mol. The summed E-state index contributed by atoms with van der Waals surface area (Å²) < 4.78 is 26.0. The summed E-state index contributed by atoms with van der Waals surface area (Å²) in [6, 6.07) is 4.55. The Balaban J connectivity index is 1.95. The normalized spacial score (nSPS) is 19.5. The SMILES string of the molecule is CCCN(C(=O)c1ccc2c(c1)S(=O)(=O)N(CC)C2=O)C1CCNCC1. The summed E-state index contributed by atoms with van der Waals surface area (Å²) in [4.78, 5) is 27.1. The summed E-state index contributed by atoms with van der Waals surface area (Å²) in [7, 11) is -3.86. The van der Waals surface area contributed by atoms with Gasteiger partial charge in [0.05, 0.1) is 5.56 Å². The Hall–Kier alpha value is -1.93. The van der Waals surface area contributed by atoms with Crippen LogP contribution in [0.2, 0.25) is 0 Å². The van der Waals surface area contributed by atoms with Gasteiger partial charge >= 0.3 is 0 Å². The first-order chi connectivity index (χ1) is 12.4. The van der Waals surface area contributed by atoms with Gasteiger partial charge in [-0.3, -0.25) is 9.59 Å². The van der Waals surface area contributed by atoms with E-state index in [1.807, 2.05) is 11.8 Å². The number of carbonyl (C=O) groups is 2. The highest BCUT2D eigenvalue weighted by molar-refractivity contribution is 7.90. The number of benzene rings is 1. The first-order valence-corrected chi connectivity index (χ1v) is 10.6. The molecule has 142 valence electrons. The Labute approximate surface area is 154 Å². The van der Waals surface area contributed by atoms with E-state index in [1.54, 1.807) is 13.0 Å². The number of nitrogens with zero attached hydrogens (tertiary/aromatic N) is 2. The molecule has 8 heteroatoms. The number of piperidine rings is 1. The molecule has 0 bridgehead atoms. The highest BCUT2D eigenvalue weighted by Crippen LogP contribution is 2.31. The van der Waals surface area contributed by atoms with Crippen molar-refractivity contribution in [2.75, 3.05) is 26.2 Å². The molecule has 26 heavy (non-hydrogen) atoms. The van der Waals surface area contributed by atoms with Crippen LogP contribution in [0.5, 0.6) is 0 Å². The summed E-state index contributed by atoms with van der Waals surface area (Å²) in [5.41, 5.74) is 0.470. The third-order valence-corrected chi connectivity index (χ3v) is 6.91. The Bertz CT molecular complexity index is 816. The smallest absolute Gasteiger partial charge is 0.268 e. The van der Waals surface area contributed by atoms with Gasteiger partial charge in [0.15, 0.2) is 0 Å². The van der Waals surface area contributed by atoms with E-state index in [9.17, 15) is 18.0 Å². The minimum absolute atomic E-state index is 0.0584. The average molecular weight is 379 g/mol. The number of hydrogen-bond acceptors (Lipinski definition) is 5. The molecule has 0 unspecified atom stereocenters. The van der Waals surface area contributed by atoms with Crippen molar-refractivity contribution in [2.45, 2.75) is 44.0 Å². The third-order valence-electron chi connectivity index (χ3n) is 5.02. The van der Waals surface area contributed by atoms with Crippen LogP contribution in [0.15, 0.2) is 23.1 Å². The molecule has 1 saturated heterocycles. The Morgan fingerprint density at radius 3 is 2.58 bits per heavy atom. The molecule has 2 amide bonds. The molecule has 1 aromatic rings. The van der Waals surface area contributed by atoms with Gasteiger partial charge < -0.3 is 10.2 Å². The van der Waals surface area contributed by atoms with Crippen LogP contribution in [0.3, 0.4) is 0 Å². The van der Waals surface area contributed by atoms with Crippen molar-refractivity contribution in [3.63, 3.8) is 0 Å². The summed E-state index contributed by atoms with van der Waals surface area (Å²) in [6.07, 6.45) is 2.61. The van der Waals surface area contributed by atoms with Crippen LogP contribution in [0.4, 0.5) is 0 Å². The zero-order valence-electron chi connectivity index (χ0n) is 15.2. The minimum Gasteiger partial charge on any atom is -0.336 e. The third kappa shape index (κ3) is 3.12. The largest absolute Gasteiger partial charge is 0.336 e. The topological polar surface area (TPSA) is 86.8 Å². The molecule has 0 aromatic heterocycles. The van der Waals surface area contributed by atoms with Crippen molar-refractivity contribution in [3.05, 3.63) is 29.3 Å². The van der Waals surface area contributed by atoms with Gasteiger partial charge in [-0.25, -0.2) is 12.7 Å². The van der Waals surface area contributed by atoms with Gasteiger partial charge in [-0.2, -0.15) is 0 Å². The van der Waals surface area contributed by atoms with Gasteiger partial charge in [0, 0.05) is 24.7 Å². The maximum Gasteiger partial charge on any atom is 0.268 e. The summed E-state index contributed by atoms with van der Waals surface area (Å²) in [6.45, 7) is 6.09. The molecule has 2 aliphatic rings. The van der Waals surface area contributed by atoms with E-state index in [0.717, 1.165) is 36.7 Å². The van der Waals surface area contributed by atoms with Crippen LogP contribution < -0.4 is 5.32 Å². The number of nitrogens with one attached hydrogen (secondary N) is 1. The fourth-order valence-corrected chi connectivity index (χ4v) is 5.30. The molecule has 7 nitrogen and oxygen atoms in total. The van der Waals surface area contributed by atoms with E-state index in [0.29, 0.717) is 12.1 Å². The second-order valence-electron chi connectivity index (χ2n) is 6.67. The van der Waals surface area contributed by atoms with Crippen molar-refractivity contribution in [1.82, 2.24) is 14.5 Å². The molecule has 0 aliphatic carbocycles. The lowest BCUT2D eigenvalue weighted by molar-refractivity contribution is 0.0642. The minimum atomic E-state index is -3.86. The number of hydrogen-bond donors (Lipinski definition) is 1. The van der Waals surface area contributed by atoms with Crippen molar-refractivity contribution >= 4 is 21.8 Å². The maximum absolute atomic E-state index is 13.1. The Kier molecular flexibility index (Phi) is 5.34. The van der Waals surface area contributed by atoms with E-state index in [2.05, 4.69) is 5.32 Å². The van der Waals surface area contributed by atoms with E-state index >= 15 is 0 Å². The highest BCUT2D eigenvalue weighted by atomic mass is 32.2. The van der Waals surface area contributed by atoms with Crippen LogP contribution in [0, 0.1) is 0 Å². The Morgan fingerprint density at radius 1 is 1.27 bits per heavy atom. The lowest BCUT2D eigenvalue weighted by Crippen LogP contribution is -2.46. The average Bonchev–Trinajstić information content (AvgIpc) is 2.85. The number of fused-ring (bicyclic) bond motifs is 1. The molecule has 1 aromatic carbocycles. The molecule has 0 saturated carbocycles. The quantitative estimate of drug-likeness (QED) is 0.837. The van der Waals surface area contributed by atoms with Crippen molar-refractivity contribution in [2.24, 2.45) is 0 Å². The summed E-state index contributed by atoms with van der Waals surface area (Å²) in [5.74, 6) is -0.690. The van der Waals surface area contributed by atoms with E-state index in [-0.39, 0.29) is 29.0 Å². The predicted octanol–water partition coefficient (Wildman–Crippen LogP) is 1.46. The van der Waals surface area contributed by atoms with Crippen LogP contribution in [0.1, 0.15) is 53.8 Å². The molecule has 0 spiro atoms. The summed E-state index contributed by atoms with van der Waals surface area (Å²) >= 11 is 0. The van der Waals surface area contributed by atoms with Gasteiger partial charge in [0.1, 0.15) is 4.90 Å². The standard InChI is InChI=1S/C18H25N3O4S/c1-3-11-20(14-7-9-19-10-8-14)17(22)13-5-6-15-16(12-13)26(24,25)21(4-2)18(15)23/h5-6,12,14,19H,3-4,7-11H2,1-2H3. The first kappa shape index (κ1) is 18.8. The zero-order chi connectivity index (χ0) is 18.9. The molecule has 0 atom stereocenters. The fourth-order valence-electron chi connectivity index (χ4n) is 3.70. The lowest BCUT2D eigenvalue weighted by Gasteiger charge is -2.34. The van der Waals surface area contributed by atoms with Gasteiger partial charge in [-0.05, 0) is 57.5 Å². The number of amides is 2. The van der Waals surface area contributed by atoms with E-state index in [1.165, 1.54) is 12.1 Å². The fraction of sp³-hybridized carbons (Fsp3) is 0.556. The Morgan fingerprint density at radius 2 is 1.96 bits per heavy atom. The van der Waals surface area contributed by atoms with Crippen LogP contribution >= 0.6 is 0 Å². The van der Waals surface area contributed by atoms with Crippen molar-refractivity contribution in [3.8, 4) is 0 Å². The van der Waals surface area contributed by atoms with Crippen LogP contribution in [-0.2, 0) is 10.0 Å². The van der Waals surface area contributed by atoms with Gasteiger partial charge in [-0.1, -0.05) is 6.92 Å². The monoisotopic (exact) mass is 379 g/mol. The molecule has 1 N–H and O–H groups in total. The molecule has 2 heterocycles. The second-order valence-corrected chi connectivity index (χ2v) is 8.50. The molecule has 3 rings (SSSR count). The first-order valence-electron chi connectivity index (χ1n) is 9.14. The van der Waals surface area contributed by atoms with Crippen LogP contribution in [-0.4, -0.2) is 61.7 Å². The van der Waals surface area contributed by atoms with Crippen molar-refractivity contribution < 1.29 is 18.0 Å². The van der Waals surface area contributed by atoms with Gasteiger partial charge in [-0.15, -0.1) is 0 Å². The molecular weight excluding hydrogens is 354 g/mol. The lowest BCUT2D eigenvalue weighted by atomic mass is 10.0. The number of sulfonamides is 1. The molecular formula is C18H25N3O4S. The number of rotatable bonds is 5. The van der Waals surface area contributed by atoms with E-state index < -0.39 is 15.9 Å². The summed E-state index contributed by atoms with van der Waals surface area (Å²) in [5, 5.41) is 3.29.